The van der Waals surface area contributed by atoms with Crippen molar-refractivity contribution >= 4 is 29.9 Å². The Kier molecular flexibility index (Phi) is 12.5. The third kappa shape index (κ3) is 9.23. The predicted octanol–water partition coefficient (Wildman–Crippen LogP) is 1.54. The van der Waals surface area contributed by atoms with Crippen molar-refractivity contribution in [2.75, 3.05) is 39.5 Å². The lowest BCUT2D eigenvalue weighted by Gasteiger charge is -2.10. The number of aliphatic imine (C=N–C) groups is 1. The van der Waals surface area contributed by atoms with Crippen molar-refractivity contribution in [3.63, 3.8) is 0 Å². The maximum absolute atomic E-state index is 5.67. The molecule has 6 heteroatoms. The number of guanidine groups is 1. The van der Waals surface area contributed by atoms with Crippen LogP contribution in [0.3, 0.4) is 0 Å². The molecule has 112 valence electrons. The van der Waals surface area contributed by atoms with Crippen molar-refractivity contribution in [3.8, 4) is 0 Å². The first-order chi connectivity index (χ1) is 8.86. The number of nitrogens with one attached hydrogen (secondary N) is 2. The number of ether oxygens (including phenoxy) is 2. The highest BCUT2D eigenvalue weighted by atomic mass is 127. The molecular formula is C13H26IN3O2. The van der Waals surface area contributed by atoms with E-state index < -0.39 is 0 Å². The Bertz CT molecular complexity index is 256. The summed E-state index contributed by atoms with van der Waals surface area (Å²) < 4.78 is 10.9. The van der Waals surface area contributed by atoms with Gasteiger partial charge in [-0.25, -0.2) is 0 Å². The molecule has 1 rings (SSSR count). The minimum Gasteiger partial charge on any atom is -0.379 e. The molecule has 5 nitrogen and oxygen atoms in total. The Balaban J connectivity index is 0.00000324. The van der Waals surface area contributed by atoms with E-state index in [9.17, 15) is 0 Å². The van der Waals surface area contributed by atoms with Crippen LogP contribution in [0.5, 0.6) is 0 Å². The highest BCUT2D eigenvalue weighted by Crippen LogP contribution is 2.07. The minimum atomic E-state index is 0. The molecule has 0 aromatic carbocycles. The second-order valence-electron chi connectivity index (χ2n) is 4.14. The maximum Gasteiger partial charge on any atom is 0.191 e. The van der Waals surface area contributed by atoms with Gasteiger partial charge in [-0.1, -0.05) is 6.08 Å². The van der Waals surface area contributed by atoms with Crippen molar-refractivity contribution in [3.05, 3.63) is 12.7 Å². The number of rotatable bonds is 8. The molecule has 0 spiro atoms. The van der Waals surface area contributed by atoms with E-state index >= 15 is 0 Å². The summed E-state index contributed by atoms with van der Waals surface area (Å²) in [6.07, 6.45) is 4.06. The second kappa shape index (κ2) is 12.7. The van der Waals surface area contributed by atoms with Gasteiger partial charge in [-0.05, 0) is 19.8 Å². The zero-order valence-corrected chi connectivity index (χ0v) is 14.0. The van der Waals surface area contributed by atoms with Crippen molar-refractivity contribution in [2.24, 2.45) is 4.99 Å². The molecule has 0 amide bonds. The van der Waals surface area contributed by atoms with Crippen LogP contribution in [-0.4, -0.2) is 51.5 Å². The van der Waals surface area contributed by atoms with Gasteiger partial charge in [-0.2, -0.15) is 0 Å². The van der Waals surface area contributed by atoms with E-state index in [0.29, 0.717) is 6.10 Å². The number of halogens is 1. The summed E-state index contributed by atoms with van der Waals surface area (Å²) in [5, 5.41) is 6.34. The van der Waals surface area contributed by atoms with E-state index in [-0.39, 0.29) is 24.0 Å². The zero-order valence-electron chi connectivity index (χ0n) is 11.7. The van der Waals surface area contributed by atoms with E-state index in [4.69, 9.17) is 9.47 Å². The van der Waals surface area contributed by atoms with E-state index in [2.05, 4.69) is 22.2 Å². The summed E-state index contributed by atoms with van der Waals surface area (Å²) in [6.45, 7) is 10.4. The van der Waals surface area contributed by atoms with Crippen LogP contribution < -0.4 is 10.6 Å². The van der Waals surface area contributed by atoms with Crippen molar-refractivity contribution in [1.82, 2.24) is 10.6 Å². The molecule has 19 heavy (non-hydrogen) atoms. The molecule has 0 saturated carbocycles. The maximum atomic E-state index is 5.67. The Morgan fingerprint density at radius 2 is 2.37 bits per heavy atom. The normalized spacial score (nSPS) is 18.8. The van der Waals surface area contributed by atoms with Gasteiger partial charge in [-0.3, -0.25) is 4.99 Å². The molecule has 0 aromatic rings. The van der Waals surface area contributed by atoms with Crippen LogP contribution in [0, 0.1) is 0 Å². The van der Waals surface area contributed by atoms with E-state index in [1.807, 2.05) is 13.0 Å². The highest BCUT2D eigenvalue weighted by Gasteiger charge is 2.15. The molecule has 1 saturated heterocycles. The summed E-state index contributed by atoms with van der Waals surface area (Å²) in [6, 6.07) is 0. The third-order valence-corrected chi connectivity index (χ3v) is 2.57. The Morgan fingerprint density at radius 1 is 1.53 bits per heavy atom. The lowest BCUT2D eigenvalue weighted by atomic mass is 10.3. The molecule has 1 fully saturated rings. The van der Waals surface area contributed by atoms with E-state index in [1.54, 1.807) is 0 Å². The van der Waals surface area contributed by atoms with Crippen molar-refractivity contribution < 1.29 is 9.47 Å². The summed E-state index contributed by atoms with van der Waals surface area (Å²) in [5.41, 5.74) is 0. The number of nitrogens with zero attached hydrogens (tertiary/aromatic N) is 1. The molecule has 0 aromatic heterocycles. The fourth-order valence-corrected chi connectivity index (χ4v) is 1.66. The molecule has 1 heterocycles. The summed E-state index contributed by atoms with van der Waals surface area (Å²) in [5.74, 6) is 0.835. The summed E-state index contributed by atoms with van der Waals surface area (Å²) in [4.78, 5) is 4.45. The monoisotopic (exact) mass is 383 g/mol. The van der Waals surface area contributed by atoms with E-state index in [0.717, 1.165) is 58.3 Å². The third-order valence-electron chi connectivity index (χ3n) is 2.57. The highest BCUT2D eigenvalue weighted by molar-refractivity contribution is 14.0. The molecular weight excluding hydrogens is 357 g/mol. The van der Waals surface area contributed by atoms with Crippen LogP contribution in [0.2, 0.25) is 0 Å². The smallest absolute Gasteiger partial charge is 0.191 e. The Morgan fingerprint density at radius 3 is 3.00 bits per heavy atom. The lowest BCUT2D eigenvalue weighted by Crippen LogP contribution is -2.37. The number of hydrogen-bond donors (Lipinski definition) is 2. The van der Waals surface area contributed by atoms with Gasteiger partial charge in [0.05, 0.1) is 12.7 Å². The van der Waals surface area contributed by atoms with Crippen LogP contribution in [0.25, 0.3) is 0 Å². The van der Waals surface area contributed by atoms with Gasteiger partial charge in [0.1, 0.15) is 0 Å². The lowest BCUT2D eigenvalue weighted by molar-refractivity contribution is 0.0424. The van der Waals surface area contributed by atoms with E-state index in [1.165, 1.54) is 0 Å². The molecule has 2 N–H and O–H groups in total. The van der Waals surface area contributed by atoms with Gasteiger partial charge in [0.25, 0.3) is 0 Å². The van der Waals surface area contributed by atoms with Gasteiger partial charge < -0.3 is 20.1 Å². The van der Waals surface area contributed by atoms with Crippen LogP contribution in [0.1, 0.15) is 19.8 Å². The Labute approximate surface area is 133 Å². The minimum absolute atomic E-state index is 0. The second-order valence-corrected chi connectivity index (χ2v) is 4.14. The standard InChI is InChI=1S/C13H25N3O2.HI/c1-3-7-15-13(14-4-2)16-8-5-9-18-12-6-10-17-11-12;/h3,12H,1,4-11H2,2H3,(H2,14,15,16);1H. The van der Waals surface area contributed by atoms with Gasteiger partial charge >= 0.3 is 0 Å². The molecule has 1 aliphatic heterocycles. The molecule has 1 aliphatic rings. The molecule has 0 radical (unpaired) electrons. The topological polar surface area (TPSA) is 54.9 Å². The first kappa shape index (κ1) is 18.7. The fourth-order valence-electron chi connectivity index (χ4n) is 1.66. The number of hydrogen-bond acceptors (Lipinski definition) is 3. The summed E-state index contributed by atoms with van der Waals surface area (Å²) >= 11 is 0. The Hall–Kier alpha value is -0.340. The average Bonchev–Trinajstić information content (AvgIpc) is 2.88. The van der Waals surface area contributed by atoms with Gasteiger partial charge in [0, 0.05) is 32.8 Å². The fraction of sp³-hybridized carbons (Fsp3) is 0.769. The van der Waals surface area contributed by atoms with Crippen LogP contribution in [-0.2, 0) is 9.47 Å². The van der Waals surface area contributed by atoms with Gasteiger partial charge in [-0.15, -0.1) is 30.6 Å². The first-order valence-electron chi connectivity index (χ1n) is 6.69. The SMILES string of the molecule is C=CCNC(=NCCCOC1CCOC1)NCC.I. The molecule has 1 atom stereocenters. The van der Waals surface area contributed by atoms with Crippen LogP contribution >= 0.6 is 24.0 Å². The van der Waals surface area contributed by atoms with Crippen LogP contribution in [0.15, 0.2) is 17.6 Å². The molecule has 0 aliphatic carbocycles. The zero-order chi connectivity index (χ0) is 13.1. The quantitative estimate of drug-likeness (QED) is 0.220. The largest absolute Gasteiger partial charge is 0.379 e. The van der Waals surface area contributed by atoms with Crippen LogP contribution in [0.4, 0.5) is 0 Å². The average molecular weight is 383 g/mol. The van der Waals surface area contributed by atoms with Gasteiger partial charge in [0.2, 0.25) is 0 Å². The summed E-state index contributed by atoms with van der Waals surface area (Å²) in [7, 11) is 0. The van der Waals surface area contributed by atoms with Crippen molar-refractivity contribution in [2.45, 2.75) is 25.9 Å². The van der Waals surface area contributed by atoms with Gasteiger partial charge in [0.15, 0.2) is 5.96 Å². The first-order valence-corrected chi connectivity index (χ1v) is 6.69. The molecule has 1 unspecified atom stereocenters. The van der Waals surface area contributed by atoms with Crippen molar-refractivity contribution in [1.29, 1.82) is 0 Å². The molecule has 0 bridgehead atoms. The predicted molar refractivity (Wildman–Crippen MR) is 89.4 cm³/mol.